The first-order valence-electron chi connectivity index (χ1n) is 8.49. The highest BCUT2D eigenvalue weighted by Gasteiger charge is 2.22. The third kappa shape index (κ3) is 3.56. The van der Waals surface area contributed by atoms with E-state index >= 15 is 0 Å². The number of benzene rings is 2. The van der Waals surface area contributed by atoms with E-state index in [1.807, 2.05) is 30.9 Å². The Labute approximate surface area is 157 Å². The number of aryl methyl sites for hydroxylation is 1. The van der Waals surface area contributed by atoms with Crippen molar-refractivity contribution in [1.82, 2.24) is 9.88 Å². The minimum atomic E-state index is -0.749. The molecule has 3 aromatic rings. The lowest BCUT2D eigenvalue weighted by Crippen LogP contribution is -2.14. The summed E-state index contributed by atoms with van der Waals surface area (Å²) in [6, 6.07) is 10.2. The first kappa shape index (κ1) is 18.7. The van der Waals surface area contributed by atoms with E-state index in [1.54, 1.807) is 24.3 Å². The van der Waals surface area contributed by atoms with E-state index in [0.717, 1.165) is 29.4 Å². The summed E-state index contributed by atoms with van der Waals surface area (Å²) >= 11 is 6.23. The standard InChI is InChI=1S/C20H22ClFN2O2/c1-23-10-9-13-11-24(2)17-8-7-16(22)20(19(13)17)26-18(12-25)14-5-3-4-6-15(14)21/h3-8,11,18,23,25H,9-10,12H2,1-2H3. The maximum absolute atomic E-state index is 14.7. The van der Waals surface area contributed by atoms with Crippen LogP contribution in [0, 0.1) is 5.82 Å². The summed E-state index contributed by atoms with van der Waals surface area (Å²) in [5.74, 6) is -0.312. The zero-order chi connectivity index (χ0) is 18.7. The van der Waals surface area contributed by atoms with Crippen molar-refractivity contribution in [3.63, 3.8) is 0 Å². The average molecular weight is 377 g/mol. The molecule has 0 saturated heterocycles. The summed E-state index contributed by atoms with van der Waals surface area (Å²) < 4.78 is 22.6. The number of likely N-dealkylation sites (N-methyl/N-ethyl adjacent to an activating group) is 1. The van der Waals surface area contributed by atoms with Gasteiger partial charge in [-0.25, -0.2) is 4.39 Å². The fourth-order valence-corrected chi connectivity index (χ4v) is 3.42. The molecule has 26 heavy (non-hydrogen) atoms. The summed E-state index contributed by atoms with van der Waals surface area (Å²) in [5, 5.41) is 14.1. The van der Waals surface area contributed by atoms with Crippen LogP contribution in [0.25, 0.3) is 10.9 Å². The van der Waals surface area contributed by atoms with E-state index in [4.69, 9.17) is 16.3 Å². The second-order valence-electron chi connectivity index (χ2n) is 6.20. The number of hydrogen-bond acceptors (Lipinski definition) is 3. The molecule has 1 atom stereocenters. The third-order valence-corrected chi connectivity index (χ3v) is 4.80. The van der Waals surface area contributed by atoms with Gasteiger partial charge in [-0.2, -0.15) is 0 Å². The maximum atomic E-state index is 14.7. The number of nitrogens with one attached hydrogen (secondary N) is 1. The first-order valence-corrected chi connectivity index (χ1v) is 8.87. The molecule has 0 spiro atoms. The van der Waals surface area contributed by atoms with Gasteiger partial charge in [0.1, 0.15) is 6.10 Å². The number of ether oxygens (including phenoxy) is 1. The number of aliphatic hydroxyl groups excluding tert-OH is 1. The fourth-order valence-electron chi connectivity index (χ4n) is 3.16. The van der Waals surface area contributed by atoms with Crippen molar-refractivity contribution in [2.24, 2.45) is 7.05 Å². The van der Waals surface area contributed by atoms with Gasteiger partial charge < -0.3 is 19.7 Å². The zero-order valence-electron chi connectivity index (χ0n) is 14.8. The van der Waals surface area contributed by atoms with Gasteiger partial charge in [0.15, 0.2) is 11.6 Å². The van der Waals surface area contributed by atoms with Crippen LogP contribution in [0.3, 0.4) is 0 Å². The second-order valence-corrected chi connectivity index (χ2v) is 6.61. The van der Waals surface area contributed by atoms with Crippen molar-refractivity contribution in [2.45, 2.75) is 12.5 Å². The minimum absolute atomic E-state index is 0.146. The van der Waals surface area contributed by atoms with Crippen LogP contribution in [0.15, 0.2) is 42.6 Å². The van der Waals surface area contributed by atoms with Gasteiger partial charge in [0.25, 0.3) is 0 Å². The van der Waals surface area contributed by atoms with Crippen LogP contribution in [0.2, 0.25) is 5.02 Å². The van der Waals surface area contributed by atoms with Crippen LogP contribution in [0.4, 0.5) is 4.39 Å². The topological polar surface area (TPSA) is 46.4 Å². The van der Waals surface area contributed by atoms with Crippen molar-refractivity contribution >= 4 is 22.5 Å². The number of nitrogens with zero attached hydrogens (tertiary/aromatic N) is 1. The fraction of sp³-hybridized carbons (Fsp3) is 0.300. The lowest BCUT2D eigenvalue weighted by atomic mass is 10.1. The van der Waals surface area contributed by atoms with Crippen molar-refractivity contribution in [3.05, 3.63) is 64.6 Å². The number of aromatic nitrogens is 1. The number of aliphatic hydroxyl groups is 1. The molecular weight excluding hydrogens is 355 g/mol. The Hall–Kier alpha value is -2.08. The predicted octanol–water partition coefficient (Wildman–Crippen LogP) is 3.85. The van der Waals surface area contributed by atoms with Crippen LogP contribution in [0.5, 0.6) is 5.75 Å². The van der Waals surface area contributed by atoms with E-state index in [0.29, 0.717) is 10.6 Å². The quantitative estimate of drug-likeness (QED) is 0.658. The summed E-state index contributed by atoms with van der Waals surface area (Å²) in [6.07, 6.45) is 1.97. The van der Waals surface area contributed by atoms with E-state index in [2.05, 4.69) is 5.32 Å². The van der Waals surface area contributed by atoms with Gasteiger partial charge in [-0.15, -0.1) is 0 Å². The number of fused-ring (bicyclic) bond motifs is 1. The number of hydrogen-bond donors (Lipinski definition) is 2. The lowest BCUT2D eigenvalue weighted by molar-refractivity contribution is 0.114. The molecule has 0 radical (unpaired) electrons. The van der Waals surface area contributed by atoms with Gasteiger partial charge in [0.05, 0.1) is 12.1 Å². The minimum Gasteiger partial charge on any atom is -0.479 e. The van der Waals surface area contributed by atoms with Gasteiger partial charge in [0.2, 0.25) is 0 Å². The molecule has 1 unspecified atom stereocenters. The molecule has 0 amide bonds. The molecule has 0 bridgehead atoms. The van der Waals surface area contributed by atoms with Gasteiger partial charge in [-0.3, -0.25) is 0 Å². The molecule has 138 valence electrons. The Bertz CT molecular complexity index is 910. The van der Waals surface area contributed by atoms with Gasteiger partial charge in [0, 0.05) is 29.2 Å². The molecule has 0 saturated carbocycles. The van der Waals surface area contributed by atoms with Crippen molar-refractivity contribution in [2.75, 3.05) is 20.2 Å². The largest absolute Gasteiger partial charge is 0.479 e. The molecule has 2 N–H and O–H groups in total. The van der Waals surface area contributed by atoms with E-state index < -0.39 is 11.9 Å². The van der Waals surface area contributed by atoms with Crippen molar-refractivity contribution in [1.29, 1.82) is 0 Å². The van der Waals surface area contributed by atoms with E-state index in [9.17, 15) is 9.50 Å². The summed E-state index contributed by atoms with van der Waals surface area (Å²) in [7, 11) is 3.80. The van der Waals surface area contributed by atoms with Gasteiger partial charge in [-0.1, -0.05) is 29.8 Å². The van der Waals surface area contributed by atoms with Gasteiger partial charge in [-0.05, 0) is 43.8 Å². The Kier molecular flexibility index (Phi) is 5.81. The monoisotopic (exact) mass is 376 g/mol. The normalized spacial score (nSPS) is 12.5. The van der Waals surface area contributed by atoms with E-state index in [-0.39, 0.29) is 12.4 Å². The smallest absolute Gasteiger partial charge is 0.165 e. The summed E-state index contributed by atoms with van der Waals surface area (Å²) in [4.78, 5) is 0. The first-order chi connectivity index (χ1) is 12.6. The number of halogens is 2. The third-order valence-electron chi connectivity index (χ3n) is 4.46. The van der Waals surface area contributed by atoms with Gasteiger partial charge >= 0.3 is 0 Å². The molecule has 0 fully saturated rings. The summed E-state index contributed by atoms with van der Waals surface area (Å²) in [6.45, 7) is 0.460. The molecule has 1 aromatic heterocycles. The van der Waals surface area contributed by atoms with Crippen molar-refractivity contribution < 1.29 is 14.2 Å². The van der Waals surface area contributed by atoms with E-state index in [1.165, 1.54) is 6.07 Å². The average Bonchev–Trinajstić information content (AvgIpc) is 2.96. The molecule has 4 nitrogen and oxygen atoms in total. The van der Waals surface area contributed by atoms with Crippen LogP contribution in [-0.4, -0.2) is 29.9 Å². The summed E-state index contributed by atoms with van der Waals surface area (Å²) in [5.41, 5.74) is 2.49. The van der Waals surface area contributed by atoms with Crippen LogP contribution < -0.4 is 10.1 Å². The SMILES string of the molecule is CNCCc1cn(C)c2ccc(F)c(OC(CO)c3ccccc3Cl)c12. The zero-order valence-corrected chi connectivity index (χ0v) is 15.6. The molecule has 3 rings (SSSR count). The van der Waals surface area contributed by atoms with Crippen LogP contribution >= 0.6 is 11.6 Å². The maximum Gasteiger partial charge on any atom is 0.165 e. The lowest BCUT2D eigenvalue weighted by Gasteiger charge is -2.20. The highest BCUT2D eigenvalue weighted by molar-refractivity contribution is 6.31. The second kappa shape index (κ2) is 8.08. The molecular formula is C20H22ClFN2O2. The number of rotatable bonds is 7. The Balaban J connectivity index is 2.08. The Morgan fingerprint density at radius 1 is 1.27 bits per heavy atom. The molecule has 6 heteroatoms. The molecule has 2 aromatic carbocycles. The molecule has 0 aliphatic rings. The van der Waals surface area contributed by atoms with Crippen molar-refractivity contribution in [3.8, 4) is 5.75 Å². The Morgan fingerprint density at radius 2 is 2.04 bits per heavy atom. The highest BCUT2D eigenvalue weighted by Crippen LogP contribution is 2.37. The highest BCUT2D eigenvalue weighted by atomic mass is 35.5. The molecule has 0 aliphatic carbocycles. The molecule has 0 aliphatic heterocycles. The van der Waals surface area contributed by atoms with Crippen LogP contribution in [-0.2, 0) is 13.5 Å². The molecule has 1 heterocycles. The predicted molar refractivity (Wildman–Crippen MR) is 102 cm³/mol. The Morgan fingerprint density at radius 3 is 2.73 bits per heavy atom. The van der Waals surface area contributed by atoms with Crippen LogP contribution in [0.1, 0.15) is 17.2 Å².